The van der Waals surface area contributed by atoms with Crippen LogP contribution in [0.15, 0.2) is 17.0 Å². The lowest BCUT2D eigenvalue weighted by molar-refractivity contribution is 0.741. The number of nitrogens with one attached hydrogen (secondary N) is 1. The zero-order chi connectivity index (χ0) is 10.7. The van der Waals surface area contributed by atoms with E-state index in [-0.39, 0.29) is 6.04 Å². The molecule has 1 atom stereocenters. The Morgan fingerprint density at radius 3 is 2.93 bits per heavy atom. The SMILES string of the molecule is CCC(Nc1nc(Cl)cs1)c1nccs1. The first-order valence-electron chi connectivity index (χ1n) is 4.56. The first-order valence-corrected chi connectivity index (χ1v) is 6.70. The number of halogens is 1. The van der Waals surface area contributed by atoms with E-state index in [1.807, 2.05) is 17.0 Å². The lowest BCUT2D eigenvalue weighted by atomic mass is 10.2. The van der Waals surface area contributed by atoms with Gasteiger partial charge in [-0.15, -0.1) is 22.7 Å². The average Bonchev–Trinajstić information content (AvgIpc) is 2.85. The molecule has 2 aromatic rings. The van der Waals surface area contributed by atoms with Gasteiger partial charge >= 0.3 is 0 Å². The minimum atomic E-state index is 0.229. The number of hydrogen-bond donors (Lipinski definition) is 1. The van der Waals surface area contributed by atoms with Crippen LogP contribution in [-0.4, -0.2) is 9.97 Å². The second-order valence-corrected chi connectivity index (χ2v) is 5.12. The zero-order valence-corrected chi connectivity index (χ0v) is 10.5. The van der Waals surface area contributed by atoms with Crippen LogP contribution in [0.4, 0.5) is 5.13 Å². The molecule has 0 amide bonds. The van der Waals surface area contributed by atoms with Crippen molar-refractivity contribution in [2.75, 3.05) is 5.32 Å². The Labute approximate surface area is 101 Å². The smallest absolute Gasteiger partial charge is 0.184 e. The summed E-state index contributed by atoms with van der Waals surface area (Å²) in [6.45, 7) is 2.12. The van der Waals surface area contributed by atoms with Crippen LogP contribution in [0, 0.1) is 0 Å². The number of nitrogens with zero attached hydrogens (tertiary/aromatic N) is 2. The molecule has 15 heavy (non-hydrogen) atoms. The summed E-state index contributed by atoms with van der Waals surface area (Å²) >= 11 is 8.92. The highest BCUT2D eigenvalue weighted by atomic mass is 35.5. The van der Waals surface area contributed by atoms with Crippen molar-refractivity contribution in [2.24, 2.45) is 0 Å². The van der Waals surface area contributed by atoms with Gasteiger partial charge in [-0.05, 0) is 6.42 Å². The third kappa shape index (κ3) is 2.68. The predicted molar refractivity (Wildman–Crippen MR) is 65.9 cm³/mol. The Kier molecular flexibility index (Phi) is 3.56. The van der Waals surface area contributed by atoms with Gasteiger partial charge in [0, 0.05) is 17.0 Å². The molecular formula is C9H10ClN3S2. The van der Waals surface area contributed by atoms with E-state index < -0.39 is 0 Å². The lowest BCUT2D eigenvalue weighted by Crippen LogP contribution is -2.08. The summed E-state index contributed by atoms with van der Waals surface area (Å²) in [7, 11) is 0. The second-order valence-electron chi connectivity index (χ2n) is 2.95. The Bertz CT molecular complexity index is 413. The van der Waals surface area contributed by atoms with E-state index in [1.165, 1.54) is 11.3 Å². The van der Waals surface area contributed by atoms with Gasteiger partial charge in [-0.3, -0.25) is 0 Å². The number of aromatic nitrogens is 2. The van der Waals surface area contributed by atoms with Gasteiger partial charge in [0.05, 0.1) is 6.04 Å². The third-order valence-electron chi connectivity index (χ3n) is 1.93. The third-order valence-corrected chi connectivity index (χ3v) is 3.92. The van der Waals surface area contributed by atoms with E-state index in [9.17, 15) is 0 Å². The van der Waals surface area contributed by atoms with E-state index in [4.69, 9.17) is 11.6 Å². The highest BCUT2D eigenvalue weighted by molar-refractivity contribution is 7.14. The second kappa shape index (κ2) is 4.92. The van der Waals surface area contributed by atoms with E-state index in [0.29, 0.717) is 5.15 Å². The van der Waals surface area contributed by atoms with Gasteiger partial charge in [-0.2, -0.15) is 0 Å². The van der Waals surface area contributed by atoms with Gasteiger partial charge in [-0.25, -0.2) is 9.97 Å². The van der Waals surface area contributed by atoms with Crippen molar-refractivity contribution in [3.05, 3.63) is 27.1 Å². The maximum absolute atomic E-state index is 5.76. The molecule has 0 bridgehead atoms. The summed E-state index contributed by atoms with van der Waals surface area (Å²) in [4.78, 5) is 8.45. The normalized spacial score (nSPS) is 12.7. The fraction of sp³-hybridized carbons (Fsp3) is 0.333. The molecule has 0 spiro atoms. The molecule has 0 saturated heterocycles. The molecule has 6 heteroatoms. The van der Waals surface area contributed by atoms with E-state index in [0.717, 1.165) is 16.6 Å². The maximum atomic E-state index is 5.76. The van der Waals surface area contributed by atoms with E-state index in [2.05, 4.69) is 22.2 Å². The van der Waals surface area contributed by atoms with Crippen LogP contribution < -0.4 is 5.32 Å². The van der Waals surface area contributed by atoms with Crippen molar-refractivity contribution in [1.29, 1.82) is 0 Å². The summed E-state index contributed by atoms with van der Waals surface area (Å²) in [5, 5.41) is 9.60. The van der Waals surface area contributed by atoms with Crippen molar-refractivity contribution in [3.8, 4) is 0 Å². The molecule has 0 aliphatic heterocycles. The average molecular weight is 260 g/mol. The fourth-order valence-electron chi connectivity index (χ4n) is 1.21. The molecule has 0 saturated carbocycles. The highest BCUT2D eigenvalue weighted by Gasteiger charge is 2.13. The largest absolute Gasteiger partial charge is 0.352 e. The van der Waals surface area contributed by atoms with Crippen LogP contribution in [0.25, 0.3) is 0 Å². The van der Waals surface area contributed by atoms with Gasteiger partial charge in [0.25, 0.3) is 0 Å². The summed E-state index contributed by atoms with van der Waals surface area (Å²) < 4.78 is 0. The summed E-state index contributed by atoms with van der Waals surface area (Å²) in [6.07, 6.45) is 2.80. The number of thiazole rings is 2. The molecule has 80 valence electrons. The number of hydrogen-bond acceptors (Lipinski definition) is 5. The topological polar surface area (TPSA) is 37.8 Å². The van der Waals surface area contributed by atoms with Gasteiger partial charge in [0.15, 0.2) is 5.13 Å². The molecule has 0 radical (unpaired) electrons. The summed E-state index contributed by atoms with van der Waals surface area (Å²) in [5.74, 6) is 0. The molecular weight excluding hydrogens is 250 g/mol. The highest BCUT2D eigenvalue weighted by Crippen LogP contribution is 2.27. The molecule has 2 aromatic heterocycles. The van der Waals surface area contributed by atoms with Crippen LogP contribution in [-0.2, 0) is 0 Å². The molecule has 1 N–H and O–H groups in total. The van der Waals surface area contributed by atoms with Gasteiger partial charge in [0.2, 0.25) is 0 Å². The van der Waals surface area contributed by atoms with Crippen LogP contribution in [0.2, 0.25) is 5.15 Å². The standard InChI is InChI=1S/C9H10ClN3S2/c1-2-6(8-11-3-4-14-8)12-9-13-7(10)5-15-9/h3-6H,2H2,1H3,(H,12,13). The first kappa shape index (κ1) is 10.9. The molecule has 1 unspecified atom stereocenters. The van der Waals surface area contributed by atoms with Crippen molar-refractivity contribution < 1.29 is 0 Å². The quantitative estimate of drug-likeness (QED) is 0.907. The summed E-state index contributed by atoms with van der Waals surface area (Å²) in [6, 6.07) is 0.229. The van der Waals surface area contributed by atoms with Crippen LogP contribution in [0.1, 0.15) is 24.4 Å². The van der Waals surface area contributed by atoms with Crippen molar-refractivity contribution in [1.82, 2.24) is 9.97 Å². The molecule has 0 aliphatic rings. The van der Waals surface area contributed by atoms with E-state index in [1.54, 1.807) is 11.3 Å². The maximum Gasteiger partial charge on any atom is 0.184 e. The molecule has 2 heterocycles. The molecule has 0 fully saturated rings. The van der Waals surface area contributed by atoms with Crippen LogP contribution in [0.5, 0.6) is 0 Å². The Hall–Kier alpha value is -0.650. The first-order chi connectivity index (χ1) is 7.29. The number of rotatable bonds is 4. The van der Waals surface area contributed by atoms with Crippen molar-refractivity contribution >= 4 is 39.4 Å². The van der Waals surface area contributed by atoms with Gasteiger partial charge in [-0.1, -0.05) is 18.5 Å². The number of anilines is 1. The predicted octanol–water partition coefficient (Wildman–Crippen LogP) is 3.82. The summed E-state index contributed by atoms with van der Waals surface area (Å²) in [5.41, 5.74) is 0. The van der Waals surface area contributed by atoms with Crippen molar-refractivity contribution in [3.63, 3.8) is 0 Å². The molecule has 3 nitrogen and oxygen atoms in total. The Morgan fingerprint density at radius 2 is 2.40 bits per heavy atom. The van der Waals surface area contributed by atoms with Gasteiger partial charge < -0.3 is 5.32 Å². The van der Waals surface area contributed by atoms with E-state index >= 15 is 0 Å². The monoisotopic (exact) mass is 259 g/mol. The zero-order valence-electron chi connectivity index (χ0n) is 8.11. The Balaban J connectivity index is 2.09. The van der Waals surface area contributed by atoms with Crippen LogP contribution >= 0.6 is 34.3 Å². The Morgan fingerprint density at radius 1 is 1.53 bits per heavy atom. The minimum Gasteiger partial charge on any atom is -0.352 e. The van der Waals surface area contributed by atoms with Gasteiger partial charge in [0.1, 0.15) is 10.2 Å². The lowest BCUT2D eigenvalue weighted by Gasteiger charge is -2.12. The molecule has 0 aromatic carbocycles. The van der Waals surface area contributed by atoms with Crippen LogP contribution in [0.3, 0.4) is 0 Å². The molecule has 0 aliphatic carbocycles. The fourth-order valence-corrected chi connectivity index (χ4v) is 2.88. The molecule has 2 rings (SSSR count). The minimum absolute atomic E-state index is 0.229. The van der Waals surface area contributed by atoms with Crippen molar-refractivity contribution in [2.45, 2.75) is 19.4 Å².